The molecule has 0 radical (unpaired) electrons. The van der Waals surface area contributed by atoms with E-state index in [0.717, 1.165) is 12.2 Å². The van der Waals surface area contributed by atoms with Crippen LogP contribution in [0.3, 0.4) is 0 Å². The number of allylic oxidation sites excluding steroid dienone is 2. The summed E-state index contributed by atoms with van der Waals surface area (Å²) in [6.45, 7) is 12.0. The van der Waals surface area contributed by atoms with Gasteiger partial charge in [-0.25, -0.2) is 0 Å². The number of hydrogen-bond donors (Lipinski definition) is 0. The summed E-state index contributed by atoms with van der Waals surface area (Å²) < 4.78 is 2.34. The number of rotatable bonds is 3. The van der Waals surface area contributed by atoms with E-state index in [4.69, 9.17) is 5.26 Å². The van der Waals surface area contributed by atoms with Crippen LogP contribution in [0.15, 0.2) is 11.8 Å². The van der Waals surface area contributed by atoms with Crippen molar-refractivity contribution in [2.75, 3.05) is 6.54 Å². The molecule has 0 spiro atoms. The van der Waals surface area contributed by atoms with Crippen LogP contribution in [0.1, 0.15) is 13.8 Å². The summed E-state index contributed by atoms with van der Waals surface area (Å²) >= 11 is 0. The maximum absolute atomic E-state index is 8.51. The van der Waals surface area contributed by atoms with E-state index in [-0.39, 0.29) is 0 Å². The minimum atomic E-state index is -1.27. The Balaban J connectivity index is 4.60. The fraction of sp³-hybridized carbons (Fsp3) is 0.667. The van der Waals surface area contributed by atoms with Crippen LogP contribution in [-0.2, 0) is 0 Å². The summed E-state index contributed by atoms with van der Waals surface area (Å²) in [5.41, 5.74) is 1.10. The fourth-order valence-electron chi connectivity index (χ4n) is 1.42. The highest BCUT2D eigenvalue weighted by atomic mass is 28.3. The molecule has 0 aromatic rings. The fourth-order valence-corrected chi connectivity index (χ4v) is 3.50. The lowest BCUT2D eigenvalue weighted by molar-refractivity contribution is 0.547. The van der Waals surface area contributed by atoms with E-state index in [0.29, 0.717) is 0 Å². The Morgan fingerprint density at radius 2 is 2.00 bits per heavy atom. The third-order valence-electron chi connectivity index (χ3n) is 1.83. The molecule has 0 rings (SSSR count). The summed E-state index contributed by atoms with van der Waals surface area (Å²) in [5.74, 6) is 0. The third-order valence-corrected chi connectivity index (χ3v) is 4.11. The van der Waals surface area contributed by atoms with Gasteiger partial charge in [0, 0.05) is 18.3 Å². The predicted molar refractivity (Wildman–Crippen MR) is 55.1 cm³/mol. The molecule has 0 unspecified atom stereocenters. The van der Waals surface area contributed by atoms with Crippen molar-refractivity contribution in [1.82, 2.24) is 4.57 Å². The van der Waals surface area contributed by atoms with Gasteiger partial charge in [0.05, 0.1) is 6.07 Å². The number of nitriles is 1. The van der Waals surface area contributed by atoms with Crippen molar-refractivity contribution in [2.45, 2.75) is 33.5 Å². The van der Waals surface area contributed by atoms with Gasteiger partial charge in [-0.05, 0) is 13.8 Å². The lowest BCUT2D eigenvalue weighted by Crippen LogP contribution is -2.44. The van der Waals surface area contributed by atoms with Crippen LogP contribution in [0.2, 0.25) is 19.6 Å². The molecule has 0 N–H and O–H groups in total. The summed E-state index contributed by atoms with van der Waals surface area (Å²) in [6.07, 6.45) is 1.63. The Morgan fingerprint density at radius 3 is 2.25 bits per heavy atom. The quantitative estimate of drug-likeness (QED) is 0.495. The molecule has 0 aliphatic rings. The van der Waals surface area contributed by atoms with Gasteiger partial charge in [0.25, 0.3) is 0 Å². The van der Waals surface area contributed by atoms with Gasteiger partial charge in [-0.2, -0.15) is 5.26 Å². The molecule has 0 aliphatic carbocycles. The minimum absolute atomic E-state index is 1.000. The van der Waals surface area contributed by atoms with E-state index in [1.165, 1.54) is 0 Å². The van der Waals surface area contributed by atoms with Crippen LogP contribution >= 0.6 is 0 Å². The highest BCUT2D eigenvalue weighted by Gasteiger charge is 2.22. The zero-order chi connectivity index (χ0) is 9.78. The second-order valence-electron chi connectivity index (χ2n) is 3.83. The second kappa shape index (κ2) is 4.32. The smallest absolute Gasteiger partial charge is 0.147 e. The maximum atomic E-state index is 8.51. The highest BCUT2D eigenvalue weighted by molar-refractivity contribution is 6.73. The lowest BCUT2D eigenvalue weighted by Gasteiger charge is -2.35. The molecule has 0 fully saturated rings. The van der Waals surface area contributed by atoms with E-state index in [1.54, 1.807) is 6.08 Å². The van der Waals surface area contributed by atoms with Crippen molar-refractivity contribution >= 4 is 8.24 Å². The normalized spacial score (nSPS) is 12.5. The first-order chi connectivity index (χ1) is 5.43. The Hall–Kier alpha value is -0.753. The van der Waals surface area contributed by atoms with Gasteiger partial charge in [0.15, 0.2) is 0 Å². The number of hydrogen-bond acceptors (Lipinski definition) is 2. The molecule has 12 heavy (non-hydrogen) atoms. The highest BCUT2D eigenvalue weighted by Crippen LogP contribution is 2.15. The van der Waals surface area contributed by atoms with Gasteiger partial charge in [-0.3, -0.25) is 0 Å². The van der Waals surface area contributed by atoms with Gasteiger partial charge in [0.1, 0.15) is 8.24 Å². The molecule has 2 nitrogen and oxygen atoms in total. The molecule has 0 bridgehead atoms. The van der Waals surface area contributed by atoms with E-state index in [2.05, 4.69) is 37.2 Å². The van der Waals surface area contributed by atoms with Crippen molar-refractivity contribution in [3.8, 4) is 6.07 Å². The summed E-state index contributed by atoms with van der Waals surface area (Å²) in [6, 6.07) is 2.07. The topological polar surface area (TPSA) is 27.0 Å². The van der Waals surface area contributed by atoms with Crippen LogP contribution in [0, 0.1) is 11.3 Å². The Bertz CT molecular complexity index is 208. The first-order valence-corrected chi connectivity index (χ1v) is 7.72. The molecule has 68 valence electrons. The van der Waals surface area contributed by atoms with Crippen molar-refractivity contribution in [3.63, 3.8) is 0 Å². The first-order valence-electron chi connectivity index (χ1n) is 4.27. The van der Waals surface area contributed by atoms with E-state index in [1.807, 2.05) is 6.92 Å². The van der Waals surface area contributed by atoms with Crippen molar-refractivity contribution in [2.24, 2.45) is 0 Å². The van der Waals surface area contributed by atoms with Crippen molar-refractivity contribution < 1.29 is 0 Å². The van der Waals surface area contributed by atoms with E-state index < -0.39 is 8.24 Å². The average Bonchev–Trinajstić information content (AvgIpc) is 1.85. The standard InChI is InChI=1S/C9H18N2Si/c1-6-11(12(3,4)5)9(2)7-8-10/h7H,6H2,1-5H3/b9-7-. The molecule has 0 saturated carbocycles. The second-order valence-corrected chi connectivity index (χ2v) is 8.71. The monoisotopic (exact) mass is 182 g/mol. The van der Waals surface area contributed by atoms with Crippen LogP contribution in [0.4, 0.5) is 0 Å². The van der Waals surface area contributed by atoms with E-state index >= 15 is 0 Å². The molecule has 0 aromatic carbocycles. The Kier molecular flexibility index (Phi) is 4.05. The SMILES string of the molecule is CCN(/C(C)=C\C#N)[Si](C)(C)C. The average molecular weight is 182 g/mol. The molecule has 0 amide bonds. The summed E-state index contributed by atoms with van der Waals surface area (Å²) in [4.78, 5) is 0. The third kappa shape index (κ3) is 3.10. The number of nitrogens with zero attached hydrogens (tertiary/aromatic N) is 2. The minimum Gasteiger partial charge on any atom is -0.401 e. The molecule has 0 saturated heterocycles. The molecular weight excluding hydrogens is 164 g/mol. The van der Waals surface area contributed by atoms with Crippen LogP contribution < -0.4 is 0 Å². The zero-order valence-corrected chi connectivity index (χ0v) is 9.68. The first kappa shape index (κ1) is 11.2. The van der Waals surface area contributed by atoms with Crippen LogP contribution in [0.25, 0.3) is 0 Å². The Morgan fingerprint density at radius 1 is 1.50 bits per heavy atom. The largest absolute Gasteiger partial charge is 0.401 e. The Labute approximate surface area is 76.6 Å². The molecule has 0 aromatic heterocycles. The van der Waals surface area contributed by atoms with Crippen LogP contribution in [-0.4, -0.2) is 19.3 Å². The van der Waals surface area contributed by atoms with Crippen molar-refractivity contribution in [1.29, 1.82) is 5.26 Å². The van der Waals surface area contributed by atoms with E-state index in [9.17, 15) is 0 Å². The van der Waals surface area contributed by atoms with Gasteiger partial charge >= 0.3 is 0 Å². The van der Waals surface area contributed by atoms with Crippen molar-refractivity contribution in [3.05, 3.63) is 11.8 Å². The van der Waals surface area contributed by atoms with Gasteiger partial charge in [-0.15, -0.1) is 0 Å². The van der Waals surface area contributed by atoms with Gasteiger partial charge < -0.3 is 4.57 Å². The predicted octanol–water partition coefficient (Wildman–Crippen LogP) is 2.57. The molecular formula is C9H18N2Si. The molecule has 0 aliphatic heterocycles. The maximum Gasteiger partial charge on any atom is 0.147 e. The molecule has 3 heteroatoms. The zero-order valence-electron chi connectivity index (χ0n) is 8.68. The van der Waals surface area contributed by atoms with Crippen LogP contribution in [0.5, 0.6) is 0 Å². The summed E-state index contributed by atoms with van der Waals surface area (Å²) in [7, 11) is -1.27. The van der Waals surface area contributed by atoms with Gasteiger partial charge in [0.2, 0.25) is 0 Å². The van der Waals surface area contributed by atoms with Gasteiger partial charge in [-0.1, -0.05) is 19.6 Å². The molecule has 0 heterocycles. The summed E-state index contributed by atoms with van der Waals surface area (Å²) in [5, 5.41) is 8.51. The molecule has 0 atom stereocenters. The lowest BCUT2D eigenvalue weighted by atomic mass is 10.4.